The third-order valence-corrected chi connectivity index (χ3v) is 2.82. The zero-order valence-electron chi connectivity index (χ0n) is 10.8. The Kier molecular flexibility index (Phi) is 4.97. The van der Waals surface area contributed by atoms with E-state index in [9.17, 15) is 4.79 Å². The first-order chi connectivity index (χ1) is 8.10. The minimum Gasteiger partial charge on any atom is -0.496 e. The van der Waals surface area contributed by atoms with Crippen molar-refractivity contribution >= 4 is 5.97 Å². The number of rotatable bonds is 5. The second-order valence-corrected chi connectivity index (χ2v) is 3.93. The molecule has 0 bridgehead atoms. The topological polar surface area (TPSA) is 38.8 Å². The van der Waals surface area contributed by atoms with Crippen LogP contribution in [0.25, 0.3) is 0 Å². The molecular weight excluding hydrogens is 218 g/mol. The van der Waals surface area contributed by atoms with E-state index in [0.29, 0.717) is 6.54 Å². The fourth-order valence-electron chi connectivity index (χ4n) is 1.59. The first-order valence-electron chi connectivity index (χ1n) is 5.50. The summed E-state index contributed by atoms with van der Waals surface area (Å²) in [6.45, 7) is 2.46. The Balaban J connectivity index is 2.73. The molecule has 94 valence electrons. The van der Waals surface area contributed by atoms with Gasteiger partial charge in [0, 0.05) is 12.1 Å². The number of benzene rings is 1. The molecule has 17 heavy (non-hydrogen) atoms. The summed E-state index contributed by atoms with van der Waals surface area (Å²) in [5.41, 5.74) is 1.05. The lowest BCUT2D eigenvalue weighted by Crippen LogP contribution is -2.36. The number of esters is 1. The zero-order chi connectivity index (χ0) is 12.8. The standard InChI is InChI=1S/C13H19NO3/c1-10(13(15)17-4)14(2)9-11-7-5-6-8-12(11)16-3/h5-8,10H,9H2,1-4H3. The molecule has 1 atom stereocenters. The Morgan fingerprint density at radius 3 is 2.59 bits per heavy atom. The zero-order valence-corrected chi connectivity index (χ0v) is 10.8. The van der Waals surface area contributed by atoms with Crippen molar-refractivity contribution in [3.05, 3.63) is 29.8 Å². The lowest BCUT2D eigenvalue weighted by atomic mass is 10.1. The van der Waals surface area contributed by atoms with Gasteiger partial charge in [0.05, 0.1) is 14.2 Å². The van der Waals surface area contributed by atoms with Gasteiger partial charge >= 0.3 is 5.97 Å². The van der Waals surface area contributed by atoms with Gasteiger partial charge in [0.1, 0.15) is 11.8 Å². The van der Waals surface area contributed by atoms with Crippen LogP contribution in [0.3, 0.4) is 0 Å². The molecule has 0 N–H and O–H groups in total. The number of para-hydroxylation sites is 1. The number of ether oxygens (including phenoxy) is 2. The van der Waals surface area contributed by atoms with E-state index in [1.165, 1.54) is 7.11 Å². The Hall–Kier alpha value is -1.55. The van der Waals surface area contributed by atoms with E-state index in [-0.39, 0.29) is 12.0 Å². The van der Waals surface area contributed by atoms with Crippen LogP contribution in [0, 0.1) is 0 Å². The van der Waals surface area contributed by atoms with E-state index in [2.05, 4.69) is 0 Å². The van der Waals surface area contributed by atoms with Crippen molar-refractivity contribution in [3.8, 4) is 5.75 Å². The largest absolute Gasteiger partial charge is 0.496 e. The van der Waals surface area contributed by atoms with Gasteiger partial charge in [-0.3, -0.25) is 9.69 Å². The Bertz CT molecular complexity index is 379. The van der Waals surface area contributed by atoms with Gasteiger partial charge in [0.15, 0.2) is 0 Å². The van der Waals surface area contributed by atoms with Crippen molar-refractivity contribution in [3.63, 3.8) is 0 Å². The maximum atomic E-state index is 11.4. The van der Waals surface area contributed by atoms with Gasteiger partial charge in [-0.2, -0.15) is 0 Å². The lowest BCUT2D eigenvalue weighted by molar-refractivity contribution is -0.145. The second kappa shape index (κ2) is 6.25. The summed E-state index contributed by atoms with van der Waals surface area (Å²) in [6, 6.07) is 7.50. The maximum absolute atomic E-state index is 11.4. The molecule has 1 aromatic rings. The third kappa shape index (κ3) is 3.46. The molecule has 0 saturated carbocycles. The molecule has 0 saturated heterocycles. The average molecular weight is 237 g/mol. The summed E-state index contributed by atoms with van der Waals surface area (Å²) in [7, 11) is 4.92. The van der Waals surface area contributed by atoms with Crippen LogP contribution in [0.1, 0.15) is 12.5 Å². The Morgan fingerprint density at radius 2 is 2.00 bits per heavy atom. The van der Waals surface area contributed by atoms with Crippen molar-refractivity contribution in [2.75, 3.05) is 21.3 Å². The first-order valence-corrected chi connectivity index (χ1v) is 5.50. The fraction of sp³-hybridized carbons (Fsp3) is 0.462. The van der Waals surface area contributed by atoms with E-state index in [4.69, 9.17) is 9.47 Å². The highest BCUT2D eigenvalue weighted by atomic mass is 16.5. The van der Waals surface area contributed by atoms with Crippen LogP contribution in [0.15, 0.2) is 24.3 Å². The lowest BCUT2D eigenvalue weighted by Gasteiger charge is -2.23. The van der Waals surface area contributed by atoms with Crippen LogP contribution >= 0.6 is 0 Å². The van der Waals surface area contributed by atoms with Gasteiger partial charge in [-0.15, -0.1) is 0 Å². The van der Waals surface area contributed by atoms with Gasteiger partial charge in [-0.05, 0) is 20.0 Å². The quantitative estimate of drug-likeness (QED) is 0.730. The molecule has 0 aliphatic rings. The predicted octanol–water partition coefficient (Wildman–Crippen LogP) is 1.69. The van der Waals surface area contributed by atoms with Crippen molar-refractivity contribution in [1.82, 2.24) is 4.90 Å². The summed E-state index contributed by atoms with van der Waals surface area (Å²) >= 11 is 0. The van der Waals surface area contributed by atoms with E-state index < -0.39 is 0 Å². The third-order valence-electron chi connectivity index (χ3n) is 2.82. The number of nitrogens with zero attached hydrogens (tertiary/aromatic N) is 1. The van der Waals surface area contributed by atoms with E-state index in [0.717, 1.165) is 11.3 Å². The maximum Gasteiger partial charge on any atom is 0.322 e. The molecule has 4 heteroatoms. The molecule has 1 rings (SSSR count). The predicted molar refractivity (Wildman–Crippen MR) is 65.9 cm³/mol. The summed E-state index contributed by atoms with van der Waals surface area (Å²) in [5.74, 6) is 0.596. The number of carbonyl (C=O) groups excluding carboxylic acids is 1. The monoisotopic (exact) mass is 237 g/mol. The van der Waals surface area contributed by atoms with Crippen molar-refractivity contribution in [1.29, 1.82) is 0 Å². The van der Waals surface area contributed by atoms with Crippen LogP contribution in [0.2, 0.25) is 0 Å². The molecule has 1 unspecified atom stereocenters. The second-order valence-electron chi connectivity index (χ2n) is 3.93. The number of hydrogen-bond donors (Lipinski definition) is 0. The molecule has 0 fully saturated rings. The molecular formula is C13H19NO3. The molecule has 0 aliphatic heterocycles. The first kappa shape index (κ1) is 13.5. The van der Waals surface area contributed by atoms with Crippen LogP contribution in [-0.4, -0.2) is 38.2 Å². The summed E-state index contributed by atoms with van der Waals surface area (Å²) < 4.78 is 9.99. The number of carbonyl (C=O) groups is 1. The normalized spacial score (nSPS) is 12.3. The highest BCUT2D eigenvalue weighted by Crippen LogP contribution is 2.19. The highest BCUT2D eigenvalue weighted by Gasteiger charge is 2.19. The smallest absolute Gasteiger partial charge is 0.322 e. The van der Waals surface area contributed by atoms with E-state index >= 15 is 0 Å². The average Bonchev–Trinajstić information content (AvgIpc) is 2.37. The molecule has 0 radical (unpaired) electrons. The van der Waals surface area contributed by atoms with Crippen LogP contribution in [0.4, 0.5) is 0 Å². The molecule has 0 amide bonds. The molecule has 1 aromatic carbocycles. The molecule has 0 aromatic heterocycles. The molecule has 4 nitrogen and oxygen atoms in total. The fourth-order valence-corrected chi connectivity index (χ4v) is 1.59. The van der Waals surface area contributed by atoms with Crippen LogP contribution < -0.4 is 4.74 Å². The molecule has 0 heterocycles. The number of methoxy groups -OCH3 is 2. The van der Waals surface area contributed by atoms with Crippen molar-refractivity contribution < 1.29 is 14.3 Å². The molecule has 0 aliphatic carbocycles. The van der Waals surface area contributed by atoms with Gasteiger partial charge in [0.2, 0.25) is 0 Å². The van der Waals surface area contributed by atoms with Gasteiger partial charge in [-0.25, -0.2) is 0 Å². The summed E-state index contributed by atoms with van der Waals surface area (Å²) in [5, 5.41) is 0. The van der Waals surface area contributed by atoms with Crippen LogP contribution in [-0.2, 0) is 16.1 Å². The van der Waals surface area contributed by atoms with E-state index in [1.54, 1.807) is 7.11 Å². The van der Waals surface area contributed by atoms with E-state index in [1.807, 2.05) is 43.1 Å². The highest BCUT2D eigenvalue weighted by molar-refractivity contribution is 5.75. The van der Waals surface area contributed by atoms with Crippen LogP contribution in [0.5, 0.6) is 5.75 Å². The minimum atomic E-state index is -0.273. The minimum absolute atomic E-state index is 0.234. The van der Waals surface area contributed by atoms with Gasteiger partial charge < -0.3 is 9.47 Å². The summed E-state index contributed by atoms with van der Waals surface area (Å²) in [4.78, 5) is 13.3. The summed E-state index contributed by atoms with van der Waals surface area (Å²) in [6.07, 6.45) is 0. The van der Waals surface area contributed by atoms with Gasteiger partial charge in [0.25, 0.3) is 0 Å². The SMILES string of the molecule is COC(=O)C(C)N(C)Cc1ccccc1OC. The Labute approximate surface area is 102 Å². The number of likely N-dealkylation sites (N-methyl/N-ethyl adjacent to an activating group) is 1. The van der Waals surface area contributed by atoms with Crippen molar-refractivity contribution in [2.45, 2.75) is 19.5 Å². The molecule has 0 spiro atoms. The Morgan fingerprint density at radius 1 is 1.35 bits per heavy atom. The van der Waals surface area contributed by atoms with Gasteiger partial charge in [-0.1, -0.05) is 18.2 Å². The van der Waals surface area contributed by atoms with Crippen molar-refractivity contribution in [2.24, 2.45) is 0 Å². The number of hydrogen-bond acceptors (Lipinski definition) is 4.